The molecule has 0 unspecified atom stereocenters. The highest BCUT2D eigenvalue weighted by atomic mass is 32.2. The van der Waals surface area contributed by atoms with E-state index in [0.717, 1.165) is 5.75 Å². The second-order valence-corrected chi connectivity index (χ2v) is 6.25. The zero-order valence-electron chi connectivity index (χ0n) is 10.0. The molecule has 2 N–H and O–H groups in total. The molecule has 0 aromatic carbocycles. The summed E-state index contributed by atoms with van der Waals surface area (Å²) >= 11 is 1.58. The lowest BCUT2D eigenvalue weighted by molar-refractivity contribution is 0.271. The van der Waals surface area contributed by atoms with Gasteiger partial charge in [-0.25, -0.2) is 13.1 Å². The van der Waals surface area contributed by atoms with Crippen molar-refractivity contribution >= 4 is 21.8 Å². The minimum atomic E-state index is -3.45. The molecule has 98 valence electrons. The maximum atomic E-state index is 11.9. The molecule has 7 heteroatoms. The van der Waals surface area contributed by atoms with Crippen LogP contribution in [0.5, 0.6) is 0 Å². The monoisotopic (exact) mass is 278 g/mol. The molecular weight excluding hydrogens is 260 g/mol. The van der Waals surface area contributed by atoms with Gasteiger partial charge in [-0.15, -0.1) is 0 Å². The van der Waals surface area contributed by atoms with E-state index < -0.39 is 10.0 Å². The number of aliphatic hydroxyl groups is 1. The van der Waals surface area contributed by atoms with Crippen molar-refractivity contribution in [1.82, 2.24) is 9.29 Å². The molecule has 0 radical (unpaired) electrons. The summed E-state index contributed by atoms with van der Waals surface area (Å²) in [5, 5.41) is 9.10. The zero-order valence-corrected chi connectivity index (χ0v) is 11.6. The molecule has 1 heterocycles. The first kappa shape index (κ1) is 14.6. The van der Waals surface area contributed by atoms with Gasteiger partial charge >= 0.3 is 0 Å². The van der Waals surface area contributed by atoms with Crippen molar-refractivity contribution in [2.45, 2.75) is 25.0 Å². The van der Waals surface area contributed by atoms with Crippen molar-refractivity contribution in [3.05, 3.63) is 18.0 Å². The Morgan fingerprint density at radius 1 is 1.53 bits per heavy atom. The summed E-state index contributed by atoms with van der Waals surface area (Å²) in [5.74, 6) is 0.737. The second kappa shape index (κ2) is 6.44. The van der Waals surface area contributed by atoms with E-state index in [4.69, 9.17) is 5.11 Å². The summed E-state index contributed by atoms with van der Waals surface area (Å²) in [4.78, 5) is 0.213. The van der Waals surface area contributed by atoms with Crippen LogP contribution in [-0.4, -0.2) is 36.6 Å². The lowest BCUT2D eigenvalue weighted by Crippen LogP contribution is -2.25. The first-order valence-corrected chi connectivity index (χ1v) is 8.21. The quantitative estimate of drug-likeness (QED) is 0.718. The summed E-state index contributed by atoms with van der Waals surface area (Å²) in [6.45, 7) is 2.79. The Hall–Kier alpha value is -0.500. The van der Waals surface area contributed by atoms with Gasteiger partial charge in [0.15, 0.2) is 0 Å². The van der Waals surface area contributed by atoms with Gasteiger partial charge in [0, 0.05) is 30.7 Å². The highest BCUT2D eigenvalue weighted by molar-refractivity contribution is 7.98. The van der Waals surface area contributed by atoms with Crippen LogP contribution in [-0.2, 0) is 23.2 Å². The van der Waals surface area contributed by atoms with Gasteiger partial charge in [-0.05, 0) is 19.2 Å². The summed E-state index contributed by atoms with van der Waals surface area (Å²) in [5.41, 5.74) is 0.609. The molecule has 1 rings (SSSR count). The maximum absolute atomic E-state index is 11.9. The number of rotatable bonds is 7. The molecular formula is C10H18N2O3S2. The van der Waals surface area contributed by atoms with Crippen LogP contribution in [0.25, 0.3) is 0 Å². The molecule has 0 aliphatic rings. The van der Waals surface area contributed by atoms with Crippen molar-refractivity contribution < 1.29 is 13.5 Å². The highest BCUT2D eigenvalue weighted by Gasteiger charge is 2.17. The minimum absolute atomic E-state index is 0.159. The van der Waals surface area contributed by atoms with Crippen LogP contribution >= 0.6 is 11.8 Å². The van der Waals surface area contributed by atoms with Crippen LogP contribution in [0.15, 0.2) is 17.2 Å². The van der Waals surface area contributed by atoms with Crippen molar-refractivity contribution in [3.63, 3.8) is 0 Å². The van der Waals surface area contributed by atoms with E-state index in [2.05, 4.69) is 4.72 Å². The van der Waals surface area contributed by atoms with Crippen molar-refractivity contribution in [3.8, 4) is 0 Å². The highest BCUT2D eigenvalue weighted by Crippen LogP contribution is 2.14. The third kappa shape index (κ3) is 3.74. The standard InChI is InChI=1S/C10H18N2O3S2/c1-3-12-7-10(6-9(12)8-13)17(14,15)11-4-5-16-2/h6-7,11,13H,3-5,8H2,1-2H3. The Morgan fingerprint density at radius 3 is 2.71 bits per heavy atom. The second-order valence-electron chi connectivity index (χ2n) is 3.50. The lowest BCUT2D eigenvalue weighted by atomic mass is 10.4. The van der Waals surface area contributed by atoms with E-state index in [1.165, 1.54) is 6.07 Å². The number of nitrogens with one attached hydrogen (secondary N) is 1. The molecule has 0 atom stereocenters. The van der Waals surface area contributed by atoms with E-state index in [0.29, 0.717) is 18.8 Å². The largest absolute Gasteiger partial charge is 0.390 e. The van der Waals surface area contributed by atoms with Gasteiger partial charge in [-0.3, -0.25) is 0 Å². The minimum Gasteiger partial charge on any atom is -0.390 e. The Kier molecular flexibility index (Phi) is 5.51. The molecule has 0 bridgehead atoms. The van der Waals surface area contributed by atoms with Crippen molar-refractivity contribution in [2.24, 2.45) is 0 Å². The predicted molar refractivity (Wildman–Crippen MR) is 69.6 cm³/mol. The molecule has 5 nitrogen and oxygen atoms in total. The summed E-state index contributed by atoms with van der Waals surface area (Å²) in [7, 11) is -3.45. The topological polar surface area (TPSA) is 71.3 Å². The Bertz CT molecular complexity index is 433. The number of hydrogen-bond donors (Lipinski definition) is 2. The number of aromatic nitrogens is 1. The average molecular weight is 278 g/mol. The first-order valence-electron chi connectivity index (χ1n) is 5.33. The Labute approximate surface area is 106 Å². The van der Waals surface area contributed by atoms with Gasteiger partial charge in [-0.2, -0.15) is 11.8 Å². The van der Waals surface area contributed by atoms with Crippen LogP contribution in [0.2, 0.25) is 0 Å². The fourth-order valence-corrected chi connectivity index (χ4v) is 2.99. The van der Waals surface area contributed by atoms with Crippen LogP contribution in [0, 0.1) is 0 Å². The van der Waals surface area contributed by atoms with E-state index in [-0.39, 0.29) is 11.5 Å². The summed E-state index contributed by atoms with van der Waals surface area (Å²) in [6.07, 6.45) is 3.47. The van der Waals surface area contributed by atoms with Crippen LogP contribution < -0.4 is 4.72 Å². The van der Waals surface area contributed by atoms with Gasteiger partial charge < -0.3 is 9.67 Å². The fourth-order valence-electron chi connectivity index (χ4n) is 1.46. The molecule has 0 aliphatic carbocycles. The summed E-state index contributed by atoms with van der Waals surface area (Å²) in [6, 6.07) is 1.50. The fraction of sp³-hybridized carbons (Fsp3) is 0.600. The van der Waals surface area contributed by atoms with E-state index in [1.807, 2.05) is 13.2 Å². The maximum Gasteiger partial charge on any atom is 0.242 e. The number of hydrogen-bond acceptors (Lipinski definition) is 4. The molecule has 0 aliphatic heterocycles. The SMILES string of the molecule is CCn1cc(S(=O)(=O)NCCSC)cc1CO. The number of aliphatic hydroxyl groups excluding tert-OH is 1. The molecule has 0 saturated carbocycles. The molecule has 0 saturated heterocycles. The number of aryl methyl sites for hydroxylation is 1. The van der Waals surface area contributed by atoms with Gasteiger partial charge in [-0.1, -0.05) is 0 Å². The smallest absolute Gasteiger partial charge is 0.242 e. The third-order valence-electron chi connectivity index (χ3n) is 2.37. The Balaban J connectivity index is 2.87. The Morgan fingerprint density at radius 2 is 2.24 bits per heavy atom. The molecule has 1 aromatic rings. The molecule has 0 amide bonds. The van der Waals surface area contributed by atoms with E-state index in [9.17, 15) is 8.42 Å². The number of nitrogens with zero attached hydrogens (tertiary/aromatic N) is 1. The number of thioether (sulfide) groups is 1. The molecule has 0 spiro atoms. The number of sulfonamides is 1. The van der Waals surface area contributed by atoms with Crippen LogP contribution in [0.1, 0.15) is 12.6 Å². The van der Waals surface area contributed by atoms with Crippen molar-refractivity contribution in [1.29, 1.82) is 0 Å². The third-order valence-corrected chi connectivity index (χ3v) is 4.41. The average Bonchev–Trinajstić information content (AvgIpc) is 2.73. The molecule has 1 aromatic heterocycles. The van der Waals surface area contributed by atoms with Crippen LogP contribution in [0.3, 0.4) is 0 Å². The predicted octanol–water partition coefficient (Wildman–Crippen LogP) is 0.642. The summed E-state index contributed by atoms with van der Waals surface area (Å²) < 4.78 is 28.0. The zero-order chi connectivity index (χ0) is 12.9. The molecule has 17 heavy (non-hydrogen) atoms. The normalized spacial score (nSPS) is 11.9. The van der Waals surface area contributed by atoms with E-state index >= 15 is 0 Å². The van der Waals surface area contributed by atoms with Gasteiger partial charge in [0.05, 0.1) is 11.5 Å². The van der Waals surface area contributed by atoms with Gasteiger partial charge in [0.2, 0.25) is 10.0 Å². The van der Waals surface area contributed by atoms with Gasteiger partial charge in [0.25, 0.3) is 0 Å². The first-order chi connectivity index (χ1) is 8.05. The molecule has 0 fully saturated rings. The van der Waals surface area contributed by atoms with Gasteiger partial charge in [0.1, 0.15) is 0 Å². The lowest BCUT2D eigenvalue weighted by Gasteiger charge is -2.03. The van der Waals surface area contributed by atoms with E-state index in [1.54, 1.807) is 22.5 Å². The van der Waals surface area contributed by atoms with Crippen LogP contribution in [0.4, 0.5) is 0 Å². The van der Waals surface area contributed by atoms with Crippen molar-refractivity contribution in [2.75, 3.05) is 18.6 Å².